The standard InChI is InChI=1S/C20H19BrFN7O2.C19H20FN6O2.C12H10BrFIN3O.C7H10N4.2CH4/c1-11(31-19-18(24)25-9-17(21)26-19)16-6-12(22)4-5-15(16)20(30)28(2)10-13-7-14(8-23)29(3)27-13;1-10-13-6-11(20)4-5-12(13)19(27)25(2)9-16-14(8-26(3)24-16)15-7-22-17(21)18(23-15)28-10;1-6(8-4-7(14)2-3-9(8)15)19-12-11(16)17-5-10(13)18-12;1-9-5-6-3-7(4-8)11(2)10-6;;/h4-7,9,11H,10H2,1-3H3,(H2,24,25);4-8,10,14H,9H2,1-3H3,(H2,21,22);2-6H,1H3,(H2,16,17);3,9H,5H2,1-2H3;2*1H4/q;+1;;;;/t11-;10-,14?;6-;;;/m000.../s1. The van der Waals surface area contributed by atoms with Crippen LogP contribution in [0.3, 0.4) is 0 Å². The summed E-state index contributed by atoms with van der Waals surface area (Å²) in [6, 6.07) is 19.9. The fraction of sp³-hybridized carbons (Fsp3) is 0.300. The second-order valence-electron chi connectivity index (χ2n) is 19.8. The quantitative estimate of drug-likeness (QED) is 0.0691. The highest BCUT2D eigenvalue weighted by Crippen LogP contribution is 2.33. The smallest absolute Gasteiger partial charge is 0.258 e. The number of nitriles is 2. The van der Waals surface area contributed by atoms with Crippen molar-refractivity contribution in [3.8, 4) is 29.8 Å². The van der Waals surface area contributed by atoms with Crippen LogP contribution in [0.1, 0.15) is 126 Å². The number of benzene rings is 3. The maximum absolute atomic E-state index is 14.0. The number of rotatable bonds is 11. The van der Waals surface area contributed by atoms with Crippen LogP contribution in [-0.4, -0.2) is 122 Å². The van der Waals surface area contributed by atoms with E-state index in [1.165, 1.54) is 70.5 Å². The van der Waals surface area contributed by atoms with Gasteiger partial charge in [0.1, 0.15) is 80.1 Å². The monoisotopic (exact) mass is 1490 g/mol. The van der Waals surface area contributed by atoms with E-state index in [4.69, 9.17) is 41.9 Å². The zero-order valence-corrected chi connectivity index (χ0v) is 54.6. The lowest BCUT2D eigenvalue weighted by molar-refractivity contribution is -0.495. The van der Waals surface area contributed by atoms with Crippen molar-refractivity contribution in [2.24, 2.45) is 19.2 Å². The van der Waals surface area contributed by atoms with Crippen LogP contribution in [0.5, 0.6) is 17.6 Å². The first-order valence-corrected chi connectivity index (χ1v) is 29.3. The molecule has 91 heavy (non-hydrogen) atoms. The van der Waals surface area contributed by atoms with E-state index in [2.05, 4.69) is 105 Å². The summed E-state index contributed by atoms with van der Waals surface area (Å²) in [5, 5.41) is 33.4. The van der Waals surface area contributed by atoms with Crippen LogP contribution in [-0.2, 0) is 27.2 Å². The molecule has 0 aliphatic carbocycles. The Kier molecular flexibility index (Phi) is 25.9. The summed E-state index contributed by atoms with van der Waals surface area (Å²) in [5.41, 5.74) is 23.3. The number of ether oxygens (including phenoxy) is 3. The number of nitrogens with one attached hydrogen (secondary N) is 1. The molecule has 25 nitrogen and oxygen atoms in total. The third-order valence-corrected chi connectivity index (χ3v) is 14.9. The molecule has 7 N–H and O–H groups in total. The highest BCUT2D eigenvalue weighted by molar-refractivity contribution is 14.1. The van der Waals surface area contributed by atoms with Crippen molar-refractivity contribution in [2.45, 2.75) is 72.9 Å². The van der Waals surface area contributed by atoms with Crippen LogP contribution in [0.4, 0.5) is 30.6 Å². The molecule has 4 atom stereocenters. The van der Waals surface area contributed by atoms with Crippen molar-refractivity contribution in [3.05, 3.63) is 172 Å². The van der Waals surface area contributed by atoms with Crippen LogP contribution in [0.25, 0.3) is 0 Å². The summed E-state index contributed by atoms with van der Waals surface area (Å²) in [6.07, 6.45) is 4.59. The lowest BCUT2D eigenvalue weighted by Crippen LogP contribution is -2.35. The normalized spacial score (nSPS) is 14.3. The van der Waals surface area contributed by atoms with Crippen molar-refractivity contribution in [3.63, 3.8) is 0 Å². The number of fused-ring (bicyclic) bond motifs is 5. The average Bonchev–Trinajstić information content (AvgIpc) is 2.01. The predicted octanol–water partition coefficient (Wildman–Crippen LogP) is 9.56. The Bertz CT molecular complexity index is 4080. The topological polar surface area (TPSA) is 334 Å². The van der Waals surface area contributed by atoms with Gasteiger partial charge in [-0.2, -0.15) is 20.7 Å². The number of hydrazone groups is 1. The van der Waals surface area contributed by atoms with E-state index in [-0.39, 0.29) is 98.3 Å². The van der Waals surface area contributed by atoms with Gasteiger partial charge in [0.15, 0.2) is 30.7 Å². The molecule has 10 rings (SSSR count). The second-order valence-corrected chi connectivity index (χ2v) is 22.6. The highest BCUT2D eigenvalue weighted by Gasteiger charge is 2.34. The van der Waals surface area contributed by atoms with Crippen LogP contribution < -0.4 is 36.7 Å². The molecular formula is C60H67Br2F3IN20O5+. The SMILES string of the molecule is C.C.CNCc1cc(C#N)n(C)n1.C[C@@H]1Oc2nc(cnc2N)C2C=[N+](C)N=C2CN(C)C(=O)c2ccc(F)cc21.C[C@H](Oc1nc(Br)cnc1N)c1cc(F)ccc1C(=O)N(C)Cc1cc(C#N)n(C)n1.C[C@H](Oc1nc(Br)cnc1N)c1cc(F)ccc1I. The van der Waals surface area contributed by atoms with Crippen molar-refractivity contribution < 1.29 is 41.7 Å². The number of aromatic nitrogens is 10. The van der Waals surface area contributed by atoms with Gasteiger partial charge in [-0.1, -0.05) is 19.5 Å². The van der Waals surface area contributed by atoms with Gasteiger partial charge in [0.05, 0.1) is 48.8 Å². The molecule has 0 spiro atoms. The number of hydrogen-bond donors (Lipinski definition) is 4. The Balaban J connectivity index is 0.000000231. The first-order valence-electron chi connectivity index (χ1n) is 26.7. The highest BCUT2D eigenvalue weighted by atomic mass is 127. The van der Waals surface area contributed by atoms with Gasteiger partial charge in [-0.3, -0.25) is 19.0 Å². The van der Waals surface area contributed by atoms with Crippen LogP contribution >= 0.6 is 54.5 Å². The lowest BCUT2D eigenvalue weighted by Gasteiger charge is -2.24. The minimum atomic E-state index is -0.742. The van der Waals surface area contributed by atoms with Gasteiger partial charge in [-0.25, -0.2) is 43.1 Å². The summed E-state index contributed by atoms with van der Waals surface area (Å²) >= 11 is 8.52. The fourth-order valence-electron chi connectivity index (χ4n) is 8.80. The van der Waals surface area contributed by atoms with Gasteiger partial charge in [-0.15, -0.1) is 0 Å². The van der Waals surface area contributed by atoms with E-state index in [0.29, 0.717) is 55.2 Å². The van der Waals surface area contributed by atoms with E-state index in [9.17, 15) is 22.8 Å². The molecule has 478 valence electrons. The van der Waals surface area contributed by atoms with Gasteiger partial charge >= 0.3 is 0 Å². The van der Waals surface area contributed by atoms with Gasteiger partial charge in [-0.05, 0) is 154 Å². The van der Waals surface area contributed by atoms with Gasteiger partial charge in [0.25, 0.3) is 29.5 Å². The van der Waals surface area contributed by atoms with E-state index in [1.54, 1.807) is 87.6 Å². The maximum Gasteiger partial charge on any atom is 0.258 e. The third kappa shape index (κ3) is 18.7. The molecule has 0 fully saturated rings. The fourth-order valence-corrected chi connectivity index (χ4v) is 10.1. The molecule has 2 amide bonds. The first kappa shape index (κ1) is 72.6. The second kappa shape index (κ2) is 32.5. The number of aryl methyl sites for hydroxylation is 2. The Morgan fingerprint density at radius 3 is 1.92 bits per heavy atom. The van der Waals surface area contributed by atoms with Crippen molar-refractivity contribution >= 4 is 95.6 Å². The molecule has 7 heterocycles. The lowest BCUT2D eigenvalue weighted by atomic mass is 9.99. The zero-order chi connectivity index (χ0) is 65.0. The Morgan fingerprint density at radius 2 is 1.34 bits per heavy atom. The van der Waals surface area contributed by atoms with Crippen LogP contribution in [0, 0.1) is 43.7 Å². The summed E-state index contributed by atoms with van der Waals surface area (Å²) in [6.45, 7) is 6.34. The molecule has 3 aromatic carbocycles. The Morgan fingerprint density at radius 1 is 0.813 bits per heavy atom. The molecule has 2 bridgehead atoms. The summed E-state index contributed by atoms with van der Waals surface area (Å²) in [5.74, 6) is -1.31. The molecule has 31 heteroatoms. The van der Waals surface area contributed by atoms with E-state index < -0.39 is 23.8 Å². The van der Waals surface area contributed by atoms with E-state index >= 15 is 0 Å². The number of anilines is 3. The number of amides is 2. The first-order chi connectivity index (χ1) is 42.3. The Hall–Kier alpha value is -9.18. The van der Waals surface area contributed by atoms with Crippen LogP contribution in [0.2, 0.25) is 0 Å². The minimum Gasteiger partial charge on any atom is -0.467 e. The number of nitrogen functional groups attached to an aromatic ring is 3. The number of carbonyl (C=O) groups excluding carboxylic acids is 2. The number of carbonyl (C=O) groups is 2. The molecule has 5 aromatic heterocycles. The maximum atomic E-state index is 14.0. The summed E-state index contributed by atoms with van der Waals surface area (Å²) in [4.78, 5) is 54.0. The van der Waals surface area contributed by atoms with Gasteiger partial charge in [0, 0.05) is 66.1 Å². The van der Waals surface area contributed by atoms with E-state index in [0.717, 1.165) is 20.5 Å². The summed E-state index contributed by atoms with van der Waals surface area (Å²) < 4.78 is 65.1. The molecule has 0 radical (unpaired) electrons. The molecule has 0 saturated heterocycles. The van der Waals surface area contributed by atoms with Crippen LogP contribution in [0.15, 0.2) is 99.6 Å². The number of nitrogens with two attached hydrogens (primary N) is 3. The Labute approximate surface area is 554 Å². The molecule has 0 saturated carbocycles. The minimum absolute atomic E-state index is 0. The molecule has 2 aliphatic rings. The molecule has 8 aromatic rings. The molecule has 2 aliphatic heterocycles. The van der Waals surface area contributed by atoms with Crippen molar-refractivity contribution in [1.82, 2.24) is 64.6 Å². The van der Waals surface area contributed by atoms with E-state index in [1.807, 2.05) is 32.4 Å². The average molecular weight is 1490 g/mol. The van der Waals surface area contributed by atoms with Crippen molar-refractivity contribution in [1.29, 1.82) is 10.5 Å². The molecular weight excluding hydrogens is 1420 g/mol. The third-order valence-electron chi connectivity index (χ3n) is 13.2. The molecule has 1 unspecified atom stereocenters. The summed E-state index contributed by atoms with van der Waals surface area (Å²) in [7, 11) is 10.3. The number of hydrogen-bond acceptors (Lipinski definition) is 20. The largest absolute Gasteiger partial charge is 0.467 e. The van der Waals surface area contributed by atoms with Crippen molar-refractivity contribution in [2.75, 3.05) is 51.9 Å². The van der Waals surface area contributed by atoms with Gasteiger partial charge < -0.3 is 46.5 Å². The predicted molar refractivity (Wildman–Crippen MR) is 351 cm³/mol. The van der Waals surface area contributed by atoms with Gasteiger partial charge in [0.2, 0.25) is 0 Å². The number of nitrogens with zero attached hydrogens (tertiary/aromatic N) is 16. The number of halogens is 6. The zero-order valence-electron chi connectivity index (χ0n) is 49.3.